The third-order valence-corrected chi connectivity index (χ3v) is 10.1. The molecule has 3 aromatic carbocycles. The standard InChI is InChI=1S/C42H38FN7O5/c1-25-21-31(27-11-7-5-8-12-27)36(47(25)3)38(51)40(53)46-30-15-16-33(49-17-19-50(20-18-49)42-44-23-29(43)24-45-42)32(22-30)35-26(2)34(28-13-9-6-10-14-28)37(48(35)4)39(52)41(54)55/h5-16,21-24H,17-20H2,1-4H3,(H,46,53)(H,54,55). The van der Waals surface area contributed by atoms with Crippen molar-refractivity contribution in [2.45, 2.75) is 13.8 Å². The molecule has 278 valence electrons. The zero-order valence-electron chi connectivity index (χ0n) is 30.7. The first-order valence-electron chi connectivity index (χ1n) is 17.7. The summed E-state index contributed by atoms with van der Waals surface area (Å²) in [6, 6.07) is 25.7. The van der Waals surface area contributed by atoms with Gasteiger partial charge in [-0.2, -0.15) is 0 Å². The number of hydrogen-bond acceptors (Lipinski definition) is 8. The Balaban J connectivity index is 1.31. The first-order chi connectivity index (χ1) is 26.4. The van der Waals surface area contributed by atoms with Gasteiger partial charge in [0.1, 0.15) is 11.4 Å². The second-order valence-electron chi connectivity index (χ2n) is 13.4. The fourth-order valence-electron chi connectivity index (χ4n) is 7.37. The monoisotopic (exact) mass is 739 g/mol. The van der Waals surface area contributed by atoms with Gasteiger partial charge in [-0.05, 0) is 54.8 Å². The number of carboxylic acids is 1. The number of halogens is 1. The molecule has 1 aliphatic rings. The number of carboxylic acid groups (broad SMARTS) is 1. The van der Waals surface area contributed by atoms with Crippen molar-refractivity contribution in [1.29, 1.82) is 0 Å². The predicted octanol–water partition coefficient (Wildman–Crippen LogP) is 6.33. The van der Waals surface area contributed by atoms with Crippen molar-refractivity contribution < 1.29 is 28.7 Å². The Morgan fingerprint density at radius 1 is 0.709 bits per heavy atom. The Morgan fingerprint density at radius 3 is 1.93 bits per heavy atom. The van der Waals surface area contributed by atoms with Crippen molar-refractivity contribution >= 4 is 40.8 Å². The third kappa shape index (κ3) is 6.87. The topological polar surface area (TPSA) is 143 Å². The minimum absolute atomic E-state index is 0.00700. The summed E-state index contributed by atoms with van der Waals surface area (Å²) in [5.41, 5.74) is 6.59. The van der Waals surface area contributed by atoms with Gasteiger partial charge >= 0.3 is 5.97 Å². The van der Waals surface area contributed by atoms with Gasteiger partial charge in [0.2, 0.25) is 5.95 Å². The highest BCUT2D eigenvalue weighted by molar-refractivity contribution is 6.47. The molecule has 12 nitrogen and oxygen atoms in total. The summed E-state index contributed by atoms with van der Waals surface area (Å²) in [7, 11) is 3.39. The average molecular weight is 740 g/mol. The molecular formula is C42H38FN7O5. The van der Waals surface area contributed by atoms with E-state index in [0.29, 0.717) is 71.3 Å². The molecule has 0 unspecified atom stereocenters. The lowest BCUT2D eigenvalue weighted by Gasteiger charge is -2.37. The molecule has 3 aromatic heterocycles. The van der Waals surface area contributed by atoms with E-state index in [0.717, 1.165) is 29.3 Å². The quantitative estimate of drug-likeness (QED) is 0.122. The maximum Gasteiger partial charge on any atom is 0.378 e. The molecule has 0 radical (unpaired) electrons. The number of aryl methyl sites for hydroxylation is 1. The van der Waals surface area contributed by atoms with Crippen molar-refractivity contribution in [3.8, 4) is 33.5 Å². The Morgan fingerprint density at radius 2 is 1.31 bits per heavy atom. The summed E-state index contributed by atoms with van der Waals surface area (Å²) in [5, 5.41) is 12.7. The number of nitrogens with zero attached hydrogens (tertiary/aromatic N) is 6. The Kier molecular flexibility index (Phi) is 9.85. The molecule has 0 atom stereocenters. The van der Waals surface area contributed by atoms with Crippen molar-refractivity contribution in [3.05, 3.63) is 126 Å². The molecule has 7 rings (SSSR count). The number of ketones is 2. The molecule has 13 heteroatoms. The first-order valence-corrected chi connectivity index (χ1v) is 17.7. The van der Waals surface area contributed by atoms with Crippen molar-refractivity contribution in [2.75, 3.05) is 41.3 Å². The lowest BCUT2D eigenvalue weighted by atomic mass is 9.96. The minimum atomic E-state index is -1.59. The van der Waals surface area contributed by atoms with E-state index >= 15 is 0 Å². The van der Waals surface area contributed by atoms with Crippen LogP contribution in [-0.2, 0) is 23.7 Å². The van der Waals surface area contributed by atoms with Crippen LogP contribution < -0.4 is 15.1 Å². The van der Waals surface area contributed by atoms with Gasteiger partial charge in [-0.25, -0.2) is 19.2 Å². The van der Waals surface area contributed by atoms with Gasteiger partial charge in [-0.3, -0.25) is 14.4 Å². The third-order valence-electron chi connectivity index (χ3n) is 10.1. The van der Waals surface area contributed by atoms with Gasteiger partial charge < -0.3 is 29.4 Å². The second-order valence-corrected chi connectivity index (χ2v) is 13.4. The molecule has 55 heavy (non-hydrogen) atoms. The molecule has 0 spiro atoms. The van der Waals surface area contributed by atoms with E-state index in [-0.39, 0.29) is 11.4 Å². The highest BCUT2D eigenvalue weighted by Gasteiger charge is 2.32. The molecule has 0 aliphatic carbocycles. The van der Waals surface area contributed by atoms with Crippen molar-refractivity contribution in [2.24, 2.45) is 14.1 Å². The molecule has 4 heterocycles. The van der Waals surface area contributed by atoms with E-state index < -0.39 is 29.3 Å². The highest BCUT2D eigenvalue weighted by atomic mass is 19.1. The van der Waals surface area contributed by atoms with Crippen LogP contribution in [0.4, 0.5) is 21.7 Å². The molecule has 2 N–H and O–H groups in total. The molecular weight excluding hydrogens is 702 g/mol. The minimum Gasteiger partial charge on any atom is -0.475 e. The van der Waals surface area contributed by atoms with Gasteiger partial charge in [0, 0.05) is 74.0 Å². The number of amides is 1. The van der Waals surface area contributed by atoms with E-state index in [4.69, 9.17) is 0 Å². The summed E-state index contributed by atoms with van der Waals surface area (Å²) in [5.74, 6) is -4.31. The maximum atomic E-state index is 13.9. The van der Waals surface area contributed by atoms with Crippen molar-refractivity contribution in [1.82, 2.24) is 19.1 Å². The number of carbonyl (C=O) groups is 4. The highest BCUT2D eigenvalue weighted by Crippen LogP contribution is 2.42. The number of Topliss-reactive ketones (excluding diaryl/α,β-unsaturated/α-hetero) is 2. The summed E-state index contributed by atoms with van der Waals surface area (Å²) in [6.45, 7) is 5.77. The molecule has 0 bridgehead atoms. The van der Waals surface area contributed by atoms with Crippen LogP contribution in [0, 0.1) is 19.7 Å². The normalized spacial score (nSPS) is 12.8. The second kappa shape index (κ2) is 14.9. The van der Waals surface area contributed by atoms with Gasteiger partial charge in [-0.1, -0.05) is 60.7 Å². The van der Waals surface area contributed by atoms with Crippen LogP contribution in [0.15, 0.2) is 97.3 Å². The maximum absolute atomic E-state index is 13.9. The van der Waals surface area contributed by atoms with E-state index in [1.54, 1.807) is 35.4 Å². The molecule has 0 saturated carbocycles. The van der Waals surface area contributed by atoms with Crippen molar-refractivity contribution in [3.63, 3.8) is 0 Å². The molecule has 1 amide bonds. The van der Waals surface area contributed by atoms with Gasteiger partial charge in [0.15, 0.2) is 5.82 Å². The molecule has 6 aromatic rings. The molecule has 1 fully saturated rings. The largest absolute Gasteiger partial charge is 0.475 e. The smallest absolute Gasteiger partial charge is 0.378 e. The SMILES string of the molecule is Cc1c(-c2ccccc2)c(C(=O)C(=O)O)n(C)c1-c1cc(NC(=O)C(=O)c2c(-c3ccccc3)cc(C)n2C)ccc1N1CCN(c2ncc(F)cn2)CC1. The van der Waals surface area contributed by atoms with Crippen LogP contribution >= 0.6 is 0 Å². The van der Waals surface area contributed by atoms with E-state index in [2.05, 4.69) is 20.2 Å². The average Bonchev–Trinajstić information content (AvgIpc) is 3.64. The first kappa shape index (κ1) is 36.5. The van der Waals surface area contributed by atoms with Crippen LogP contribution in [0.5, 0.6) is 0 Å². The Hall–Kier alpha value is -6.89. The van der Waals surface area contributed by atoms with Gasteiger partial charge in [0.25, 0.3) is 17.5 Å². The number of rotatable bonds is 10. The number of hydrogen-bond donors (Lipinski definition) is 2. The van der Waals surface area contributed by atoms with Gasteiger partial charge in [-0.15, -0.1) is 0 Å². The van der Waals surface area contributed by atoms with Crippen LogP contribution in [-0.4, -0.2) is 73.8 Å². The van der Waals surface area contributed by atoms with E-state index in [9.17, 15) is 28.7 Å². The Labute approximate surface area is 316 Å². The number of carbonyl (C=O) groups excluding carboxylic acids is 3. The Bertz CT molecular complexity index is 2450. The van der Waals surface area contributed by atoms with Crippen LogP contribution in [0.25, 0.3) is 33.5 Å². The predicted molar refractivity (Wildman–Crippen MR) is 208 cm³/mol. The van der Waals surface area contributed by atoms with Crippen LogP contribution in [0.1, 0.15) is 32.2 Å². The molecule has 1 aliphatic heterocycles. The summed E-state index contributed by atoms with van der Waals surface area (Å²) in [6.07, 6.45) is 2.26. The fourth-order valence-corrected chi connectivity index (χ4v) is 7.37. The molecule has 1 saturated heterocycles. The van der Waals surface area contributed by atoms with Crippen LogP contribution in [0.3, 0.4) is 0 Å². The zero-order chi connectivity index (χ0) is 39.0. The summed E-state index contributed by atoms with van der Waals surface area (Å²) >= 11 is 0. The van der Waals surface area contributed by atoms with E-state index in [1.807, 2.05) is 91.5 Å². The number of piperazine rings is 1. The number of benzene rings is 3. The fraction of sp³-hybridized carbons (Fsp3) is 0.190. The number of anilines is 3. The number of aromatic nitrogens is 4. The lowest BCUT2D eigenvalue weighted by Crippen LogP contribution is -2.47. The zero-order valence-corrected chi connectivity index (χ0v) is 30.7. The van der Waals surface area contributed by atoms with Gasteiger partial charge in [0.05, 0.1) is 18.1 Å². The number of aliphatic carboxylic acids is 1. The lowest BCUT2D eigenvalue weighted by molar-refractivity contribution is -0.131. The summed E-state index contributed by atoms with van der Waals surface area (Å²) in [4.78, 5) is 65.6. The van der Waals surface area contributed by atoms with Crippen LogP contribution in [0.2, 0.25) is 0 Å². The van der Waals surface area contributed by atoms with E-state index in [1.165, 1.54) is 0 Å². The summed E-state index contributed by atoms with van der Waals surface area (Å²) < 4.78 is 16.8. The number of nitrogens with one attached hydrogen (secondary N) is 1.